The van der Waals surface area contributed by atoms with Crippen molar-refractivity contribution in [3.63, 3.8) is 0 Å². The van der Waals surface area contributed by atoms with E-state index in [9.17, 15) is 9.30 Å². The largest absolute Gasteiger partial charge is 0.259 e. The molecule has 0 N–H and O–H groups in total. The van der Waals surface area contributed by atoms with Gasteiger partial charge < -0.3 is 0 Å². The Morgan fingerprint density at radius 3 is 2.71 bits per heavy atom. The molecule has 1 unspecified atom stereocenters. The molecule has 3 nitrogen and oxygen atoms in total. The van der Waals surface area contributed by atoms with Crippen molar-refractivity contribution in [3.05, 3.63) is 69.0 Å². The van der Waals surface area contributed by atoms with Gasteiger partial charge in [0.15, 0.2) is 6.04 Å². The van der Waals surface area contributed by atoms with E-state index in [2.05, 4.69) is 26.1 Å². The number of halogens is 2. The van der Waals surface area contributed by atoms with E-state index in [1.807, 2.05) is 0 Å². The lowest BCUT2D eigenvalue weighted by atomic mass is 10.0. The molecule has 0 amide bonds. The van der Waals surface area contributed by atoms with Crippen LogP contribution in [0.5, 0.6) is 0 Å². The first-order valence-corrected chi connectivity index (χ1v) is 5.70. The molecular formula is C12H8BrFN2O. The summed E-state index contributed by atoms with van der Waals surface area (Å²) in [6, 6.07) is 8.93. The monoisotopic (exact) mass is 294 g/mol. The number of hydrogen-bond acceptors (Lipinski definition) is 3. The van der Waals surface area contributed by atoms with Gasteiger partial charge in [-0.15, -0.1) is 4.91 Å². The van der Waals surface area contributed by atoms with Crippen LogP contribution in [-0.2, 0) is 0 Å². The van der Waals surface area contributed by atoms with Gasteiger partial charge in [-0.25, -0.2) is 4.39 Å². The minimum Gasteiger partial charge on any atom is -0.259 e. The number of aromatic nitrogens is 1. The lowest BCUT2D eigenvalue weighted by molar-refractivity contribution is 0.590. The molecule has 0 bridgehead atoms. The van der Waals surface area contributed by atoms with E-state index in [1.165, 1.54) is 6.07 Å². The maximum atomic E-state index is 13.9. The molecule has 0 aliphatic heterocycles. The second-order valence-electron chi connectivity index (χ2n) is 3.41. The molecule has 1 heterocycles. The lowest BCUT2D eigenvalue weighted by Crippen LogP contribution is -2.02. The molecule has 0 aliphatic rings. The molecule has 0 radical (unpaired) electrons. The third-order valence-corrected chi connectivity index (χ3v) is 2.96. The Morgan fingerprint density at radius 1 is 1.24 bits per heavy atom. The number of nitrogens with zero attached hydrogens (tertiary/aromatic N) is 2. The zero-order valence-electron chi connectivity index (χ0n) is 8.68. The van der Waals surface area contributed by atoms with Gasteiger partial charge in [-0.1, -0.05) is 23.4 Å². The summed E-state index contributed by atoms with van der Waals surface area (Å²) < 4.78 is 14.2. The Hall–Kier alpha value is -1.62. The van der Waals surface area contributed by atoms with Gasteiger partial charge >= 0.3 is 0 Å². The Balaban J connectivity index is 2.50. The fourth-order valence-corrected chi connectivity index (χ4v) is 1.92. The molecule has 0 fully saturated rings. The predicted molar refractivity (Wildman–Crippen MR) is 66.0 cm³/mol. The molecule has 0 spiro atoms. The van der Waals surface area contributed by atoms with Crippen LogP contribution in [-0.4, -0.2) is 4.98 Å². The topological polar surface area (TPSA) is 42.3 Å². The molecule has 2 rings (SSSR count). The van der Waals surface area contributed by atoms with E-state index in [1.54, 1.807) is 36.5 Å². The van der Waals surface area contributed by atoms with Crippen LogP contribution < -0.4 is 0 Å². The van der Waals surface area contributed by atoms with Gasteiger partial charge in [-0.05, 0) is 34.1 Å². The Kier molecular flexibility index (Phi) is 3.58. The molecule has 5 heteroatoms. The van der Waals surface area contributed by atoms with Crippen LogP contribution in [0.1, 0.15) is 17.3 Å². The van der Waals surface area contributed by atoms with Crippen LogP contribution in [0.4, 0.5) is 4.39 Å². The highest BCUT2D eigenvalue weighted by Crippen LogP contribution is 2.29. The highest BCUT2D eigenvalue weighted by atomic mass is 79.9. The summed E-state index contributed by atoms with van der Waals surface area (Å²) in [6.07, 6.45) is 1.55. The fourth-order valence-electron chi connectivity index (χ4n) is 1.54. The van der Waals surface area contributed by atoms with Crippen LogP contribution in [0, 0.1) is 10.7 Å². The van der Waals surface area contributed by atoms with Gasteiger partial charge in [0.1, 0.15) is 5.82 Å². The first-order chi connectivity index (χ1) is 8.24. The summed E-state index contributed by atoms with van der Waals surface area (Å²) in [4.78, 5) is 14.9. The minimum atomic E-state index is -0.923. The van der Waals surface area contributed by atoms with Crippen molar-refractivity contribution in [2.75, 3.05) is 0 Å². The van der Waals surface area contributed by atoms with Crippen molar-refractivity contribution >= 4 is 15.9 Å². The standard InChI is InChI=1S/C12H8BrFN2O/c13-9-5-3-4-8(11(9)14)12(16-17)10-6-1-2-7-15-10/h1-7,12H. The second kappa shape index (κ2) is 5.14. The summed E-state index contributed by atoms with van der Waals surface area (Å²) in [7, 11) is 0. The zero-order valence-corrected chi connectivity index (χ0v) is 10.3. The van der Waals surface area contributed by atoms with E-state index in [-0.39, 0.29) is 5.56 Å². The van der Waals surface area contributed by atoms with Crippen molar-refractivity contribution in [3.8, 4) is 0 Å². The fraction of sp³-hybridized carbons (Fsp3) is 0.0833. The average molecular weight is 295 g/mol. The first-order valence-electron chi connectivity index (χ1n) is 4.91. The number of benzene rings is 1. The van der Waals surface area contributed by atoms with Gasteiger partial charge in [0.05, 0.1) is 10.2 Å². The normalized spacial score (nSPS) is 12.1. The molecule has 1 atom stereocenters. The minimum absolute atomic E-state index is 0.216. The van der Waals surface area contributed by atoms with E-state index in [4.69, 9.17) is 0 Å². The highest BCUT2D eigenvalue weighted by molar-refractivity contribution is 9.10. The summed E-state index contributed by atoms with van der Waals surface area (Å²) in [6.45, 7) is 0. The molecule has 0 aliphatic carbocycles. The SMILES string of the molecule is O=NC(c1ccccn1)c1cccc(Br)c1F. The van der Waals surface area contributed by atoms with Crippen LogP contribution in [0.2, 0.25) is 0 Å². The molecule has 1 aromatic heterocycles. The smallest absolute Gasteiger partial charge is 0.162 e. The van der Waals surface area contributed by atoms with E-state index >= 15 is 0 Å². The maximum Gasteiger partial charge on any atom is 0.162 e. The van der Waals surface area contributed by atoms with Crippen molar-refractivity contribution in [1.82, 2.24) is 4.98 Å². The number of pyridine rings is 1. The van der Waals surface area contributed by atoms with Gasteiger partial charge in [0.25, 0.3) is 0 Å². The number of hydrogen-bond donors (Lipinski definition) is 0. The summed E-state index contributed by atoms with van der Waals surface area (Å²) in [5, 5.41) is 2.96. The molecule has 1 aromatic carbocycles. The summed E-state index contributed by atoms with van der Waals surface area (Å²) in [5.74, 6) is -0.484. The average Bonchev–Trinajstić information content (AvgIpc) is 2.37. The molecule has 0 saturated carbocycles. The van der Waals surface area contributed by atoms with Crippen LogP contribution in [0.3, 0.4) is 0 Å². The first kappa shape index (κ1) is 11.9. The highest BCUT2D eigenvalue weighted by Gasteiger charge is 2.20. The van der Waals surface area contributed by atoms with Crippen LogP contribution >= 0.6 is 15.9 Å². The van der Waals surface area contributed by atoms with Crippen molar-refractivity contribution in [1.29, 1.82) is 0 Å². The lowest BCUT2D eigenvalue weighted by Gasteiger charge is -2.10. The maximum absolute atomic E-state index is 13.9. The van der Waals surface area contributed by atoms with E-state index < -0.39 is 11.9 Å². The second-order valence-corrected chi connectivity index (χ2v) is 4.26. The quantitative estimate of drug-likeness (QED) is 0.807. The van der Waals surface area contributed by atoms with Gasteiger partial charge in [0.2, 0.25) is 0 Å². The molecular weight excluding hydrogens is 287 g/mol. The molecule has 86 valence electrons. The summed E-state index contributed by atoms with van der Waals surface area (Å²) >= 11 is 3.08. The van der Waals surface area contributed by atoms with Crippen LogP contribution in [0.15, 0.2) is 52.2 Å². The van der Waals surface area contributed by atoms with E-state index in [0.717, 1.165) is 0 Å². The third kappa shape index (κ3) is 2.39. The predicted octanol–water partition coefficient (Wildman–Crippen LogP) is 3.84. The van der Waals surface area contributed by atoms with Gasteiger partial charge in [0, 0.05) is 11.8 Å². The van der Waals surface area contributed by atoms with Gasteiger partial charge in [-0.2, -0.15) is 0 Å². The zero-order chi connectivity index (χ0) is 12.3. The Bertz CT molecular complexity index is 533. The van der Waals surface area contributed by atoms with Crippen LogP contribution in [0.25, 0.3) is 0 Å². The Labute approximate surface area is 106 Å². The number of nitroso groups, excluding NO2 is 1. The van der Waals surface area contributed by atoms with Crippen molar-refractivity contribution in [2.24, 2.45) is 5.18 Å². The third-order valence-electron chi connectivity index (χ3n) is 2.35. The number of rotatable bonds is 3. The summed E-state index contributed by atoms with van der Waals surface area (Å²) in [5.41, 5.74) is 0.646. The van der Waals surface area contributed by atoms with E-state index in [0.29, 0.717) is 10.2 Å². The Morgan fingerprint density at radius 2 is 2.06 bits per heavy atom. The molecule has 2 aromatic rings. The molecule has 17 heavy (non-hydrogen) atoms. The van der Waals surface area contributed by atoms with Gasteiger partial charge in [-0.3, -0.25) is 4.98 Å². The van der Waals surface area contributed by atoms with Crippen molar-refractivity contribution < 1.29 is 4.39 Å². The van der Waals surface area contributed by atoms with Crippen molar-refractivity contribution in [2.45, 2.75) is 6.04 Å². The molecule has 0 saturated heterocycles.